The lowest BCUT2D eigenvalue weighted by molar-refractivity contribution is -0.126. The maximum atomic E-state index is 12.6. The van der Waals surface area contributed by atoms with E-state index in [4.69, 9.17) is 12.2 Å². The third kappa shape index (κ3) is 4.25. The fourth-order valence-corrected chi connectivity index (χ4v) is 4.44. The van der Waals surface area contributed by atoms with Gasteiger partial charge < -0.3 is 0 Å². The first kappa shape index (κ1) is 17.2. The molecule has 1 atom stereocenters. The summed E-state index contributed by atoms with van der Waals surface area (Å²) in [4.78, 5) is 14.4. The van der Waals surface area contributed by atoms with E-state index in [0.717, 1.165) is 23.6 Å². The number of benzene rings is 2. The van der Waals surface area contributed by atoms with Gasteiger partial charge >= 0.3 is 0 Å². The SMILES string of the molecule is Cc1ccc(C[C@H]2SC(=S)N(CCCc3ccccc3)C2=O)cc1. The van der Waals surface area contributed by atoms with Crippen LogP contribution >= 0.6 is 24.0 Å². The van der Waals surface area contributed by atoms with Crippen LogP contribution < -0.4 is 0 Å². The number of hydrogen-bond donors (Lipinski definition) is 0. The first-order chi connectivity index (χ1) is 11.6. The van der Waals surface area contributed by atoms with Crippen LogP contribution in [0.2, 0.25) is 0 Å². The van der Waals surface area contributed by atoms with Crippen LogP contribution in [-0.2, 0) is 17.6 Å². The fourth-order valence-electron chi connectivity index (χ4n) is 2.85. The summed E-state index contributed by atoms with van der Waals surface area (Å²) in [5.74, 6) is 0.165. The maximum Gasteiger partial charge on any atom is 0.241 e. The lowest BCUT2D eigenvalue weighted by Gasteiger charge is -2.15. The van der Waals surface area contributed by atoms with Crippen molar-refractivity contribution < 1.29 is 4.79 Å². The summed E-state index contributed by atoms with van der Waals surface area (Å²) in [6, 6.07) is 18.8. The van der Waals surface area contributed by atoms with E-state index in [2.05, 4.69) is 55.5 Å². The van der Waals surface area contributed by atoms with E-state index in [0.29, 0.717) is 6.54 Å². The molecule has 4 heteroatoms. The third-order valence-corrected chi connectivity index (χ3v) is 5.82. The molecule has 24 heavy (non-hydrogen) atoms. The topological polar surface area (TPSA) is 20.3 Å². The van der Waals surface area contributed by atoms with Crippen molar-refractivity contribution in [3.8, 4) is 0 Å². The van der Waals surface area contributed by atoms with Gasteiger partial charge in [-0.15, -0.1) is 0 Å². The van der Waals surface area contributed by atoms with Gasteiger partial charge in [0.2, 0.25) is 5.91 Å². The number of thioether (sulfide) groups is 1. The normalized spacial score (nSPS) is 17.5. The van der Waals surface area contributed by atoms with Gasteiger partial charge in [-0.1, -0.05) is 84.1 Å². The molecular weight excluding hydrogens is 334 g/mol. The lowest BCUT2D eigenvalue weighted by atomic mass is 10.1. The van der Waals surface area contributed by atoms with Crippen molar-refractivity contribution in [3.63, 3.8) is 0 Å². The van der Waals surface area contributed by atoms with Gasteiger partial charge in [-0.25, -0.2) is 0 Å². The number of rotatable bonds is 6. The minimum Gasteiger partial charge on any atom is -0.297 e. The van der Waals surface area contributed by atoms with Crippen LogP contribution in [0, 0.1) is 6.92 Å². The van der Waals surface area contributed by atoms with Gasteiger partial charge in [-0.3, -0.25) is 9.69 Å². The predicted octanol–water partition coefficient (Wildman–Crippen LogP) is 4.40. The number of carbonyl (C=O) groups excluding carboxylic acids is 1. The van der Waals surface area contributed by atoms with Gasteiger partial charge in [0.25, 0.3) is 0 Å². The summed E-state index contributed by atoms with van der Waals surface area (Å²) in [7, 11) is 0. The molecule has 0 radical (unpaired) electrons. The van der Waals surface area contributed by atoms with Crippen molar-refractivity contribution >= 4 is 34.2 Å². The van der Waals surface area contributed by atoms with E-state index in [1.165, 1.54) is 28.5 Å². The largest absolute Gasteiger partial charge is 0.297 e. The Kier molecular flexibility index (Phi) is 5.69. The van der Waals surface area contributed by atoms with Gasteiger partial charge in [-0.05, 0) is 37.3 Å². The van der Waals surface area contributed by atoms with Crippen LogP contribution in [0.1, 0.15) is 23.1 Å². The predicted molar refractivity (Wildman–Crippen MR) is 105 cm³/mol. The monoisotopic (exact) mass is 355 g/mol. The quantitative estimate of drug-likeness (QED) is 0.717. The Morgan fingerprint density at radius 3 is 2.46 bits per heavy atom. The minimum absolute atomic E-state index is 0.0723. The lowest BCUT2D eigenvalue weighted by Crippen LogP contribution is -2.33. The molecule has 1 aliphatic rings. The van der Waals surface area contributed by atoms with Crippen molar-refractivity contribution in [1.29, 1.82) is 0 Å². The molecule has 0 N–H and O–H groups in total. The molecule has 0 aliphatic carbocycles. The average molecular weight is 356 g/mol. The Bertz CT molecular complexity index is 712. The van der Waals surface area contributed by atoms with Crippen molar-refractivity contribution in [1.82, 2.24) is 4.90 Å². The standard InChI is InChI=1S/C20H21NOS2/c1-15-9-11-17(12-10-15)14-18-19(22)21(20(23)24-18)13-5-8-16-6-3-2-4-7-16/h2-4,6-7,9-12,18H,5,8,13-14H2,1H3/t18-/m1/s1. The summed E-state index contributed by atoms with van der Waals surface area (Å²) in [5.41, 5.74) is 3.74. The zero-order valence-corrected chi connectivity index (χ0v) is 15.4. The van der Waals surface area contributed by atoms with E-state index < -0.39 is 0 Å². The first-order valence-electron chi connectivity index (χ1n) is 8.25. The van der Waals surface area contributed by atoms with Gasteiger partial charge in [0.05, 0.1) is 5.25 Å². The van der Waals surface area contributed by atoms with E-state index in [-0.39, 0.29) is 11.2 Å². The summed E-state index contributed by atoms with van der Waals surface area (Å²) >= 11 is 6.96. The maximum absolute atomic E-state index is 12.6. The van der Waals surface area contributed by atoms with Gasteiger partial charge in [0.1, 0.15) is 4.32 Å². The van der Waals surface area contributed by atoms with Crippen LogP contribution in [0.25, 0.3) is 0 Å². The second-order valence-electron chi connectivity index (χ2n) is 6.14. The molecule has 0 unspecified atom stereocenters. The molecule has 2 aromatic rings. The van der Waals surface area contributed by atoms with Crippen LogP contribution in [0.4, 0.5) is 0 Å². The summed E-state index contributed by atoms with van der Waals surface area (Å²) in [6.45, 7) is 2.78. The van der Waals surface area contributed by atoms with Crippen LogP contribution in [0.15, 0.2) is 54.6 Å². The first-order valence-corrected chi connectivity index (χ1v) is 9.54. The molecule has 1 saturated heterocycles. The number of amides is 1. The Labute approximate surface area is 153 Å². The molecule has 1 amide bonds. The number of aryl methyl sites for hydroxylation is 2. The average Bonchev–Trinajstić information content (AvgIpc) is 2.85. The molecule has 2 aromatic carbocycles. The van der Waals surface area contributed by atoms with E-state index in [1.54, 1.807) is 4.90 Å². The second-order valence-corrected chi connectivity index (χ2v) is 7.98. The molecule has 0 spiro atoms. The molecule has 1 heterocycles. The molecule has 0 saturated carbocycles. The smallest absolute Gasteiger partial charge is 0.241 e. The highest BCUT2D eigenvalue weighted by Gasteiger charge is 2.36. The Morgan fingerprint density at radius 2 is 1.75 bits per heavy atom. The van der Waals surface area contributed by atoms with Gasteiger partial charge in [0, 0.05) is 6.54 Å². The van der Waals surface area contributed by atoms with E-state index in [1.807, 2.05) is 6.07 Å². The Hall–Kier alpha value is -1.65. The van der Waals surface area contributed by atoms with Crippen LogP contribution in [0.5, 0.6) is 0 Å². The highest BCUT2D eigenvalue weighted by Crippen LogP contribution is 2.30. The zero-order valence-electron chi connectivity index (χ0n) is 13.8. The van der Waals surface area contributed by atoms with Crippen molar-refractivity contribution in [2.45, 2.75) is 31.4 Å². The van der Waals surface area contributed by atoms with E-state index in [9.17, 15) is 4.79 Å². The number of thiocarbonyl (C=S) groups is 1. The zero-order chi connectivity index (χ0) is 16.9. The summed E-state index contributed by atoms with van der Waals surface area (Å²) < 4.78 is 0.727. The molecule has 1 aliphatic heterocycles. The second kappa shape index (κ2) is 7.95. The number of nitrogens with zero attached hydrogens (tertiary/aromatic N) is 1. The Balaban J connectivity index is 1.54. The van der Waals surface area contributed by atoms with Crippen LogP contribution in [-0.4, -0.2) is 26.9 Å². The Morgan fingerprint density at radius 1 is 1.04 bits per heavy atom. The van der Waals surface area contributed by atoms with Crippen molar-refractivity contribution in [3.05, 3.63) is 71.3 Å². The van der Waals surface area contributed by atoms with E-state index >= 15 is 0 Å². The highest BCUT2D eigenvalue weighted by molar-refractivity contribution is 8.24. The molecule has 0 bridgehead atoms. The fraction of sp³-hybridized carbons (Fsp3) is 0.300. The number of carbonyl (C=O) groups is 1. The minimum atomic E-state index is -0.0723. The summed E-state index contributed by atoms with van der Waals surface area (Å²) in [5, 5.41) is -0.0723. The molecular formula is C20H21NOS2. The highest BCUT2D eigenvalue weighted by atomic mass is 32.2. The molecule has 3 rings (SSSR count). The van der Waals surface area contributed by atoms with Gasteiger partial charge in [0.15, 0.2) is 0 Å². The molecule has 0 aromatic heterocycles. The molecule has 1 fully saturated rings. The van der Waals surface area contributed by atoms with Crippen LogP contribution in [0.3, 0.4) is 0 Å². The van der Waals surface area contributed by atoms with Gasteiger partial charge in [-0.2, -0.15) is 0 Å². The third-order valence-electron chi connectivity index (χ3n) is 4.24. The van der Waals surface area contributed by atoms with Crippen molar-refractivity contribution in [2.75, 3.05) is 6.54 Å². The molecule has 124 valence electrons. The number of hydrogen-bond acceptors (Lipinski definition) is 3. The van der Waals surface area contributed by atoms with Crippen molar-refractivity contribution in [2.24, 2.45) is 0 Å². The molecule has 2 nitrogen and oxygen atoms in total. The summed E-state index contributed by atoms with van der Waals surface area (Å²) in [6.07, 6.45) is 2.66.